The first-order valence-corrected chi connectivity index (χ1v) is 7.73. The standard InChI is InChI=1S/C19H16FN3O2/c1-23-10-12(8-22-23)11-25-18-6-14-9-21-19(24)17(14)7-16(18)13-2-4-15(20)5-3-13/h2-8,10H,9,11H2,1H3,(H,21,24)/i11D2. The van der Waals surface area contributed by atoms with Crippen molar-refractivity contribution in [1.29, 1.82) is 0 Å². The lowest BCUT2D eigenvalue weighted by atomic mass is 9.99. The molecule has 1 aliphatic rings. The van der Waals surface area contributed by atoms with Gasteiger partial charge in [-0.2, -0.15) is 5.10 Å². The van der Waals surface area contributed by atoms with E-state index in [1.807, 2.05) is 0 Å². The van der Waals surface area contributed by atoms with Crippen molar-refractivity contribution in [3.63, 3.8) is 0 Å². The monoisotopic (exact) mass is 339 g/mol. The third kappa shape index (κ3) is 2.98. The van der Waals surface area contributed by atoms with Crippen LogP contribution < -0.4 is 10.1 Å². The van der Waals surface area contributed by atoms with Crippen molar-refractivity contribution in [3.8, 4) is 16.9 Å². The number of rotatable bonds is 4. The lowest BCUT2D eigenvalue weighted by Crippen LogP contribution is -2.12. The Morgan fingerprint density at radius 3 is 2.84 bits per heavy atom. The SMILES string of the molecule is [2H]C([2H])(Oc1cc2c(cc1-c1ccc(F)cc1)C(=O)NC2)c1cnn(C)c1. The van der Waals surface area contributed by atoms with Gasteiger partial charge in [-0.1, -0.05) is 12.1 Å². The summed E-state index contributed by atoms with van der Waals surface area (Å²) in [6.07, 6.45) is 2.94. The normalized spacial score (nSPS) is 14.6. The number of aromatic nitrogens is 2. The Labute approximate surface area is 146 Å². The van der Waals surface area contributed by atoms with Gasteiger partial charge in [0.15, 0.2) is 0 Å². The molecule has 1 N–H and O–H groups in total. The highest BCUT2D eigenvalue weighted by Gasteiger charge is 2.22. The van der Waals surface area contributed by atoms with Crippen LogP contribution in [0, 0.1) is 5.82 Å². The quantitative estimate of drug-likeness (QED) is 0.795. The van der Waals surface area contributed by atoms with E-state index < -0.39 is 6.56 Å². The summed E-state index contributed by atoms with van der Waals surface area (Å²) in [6, 6.07) is 9.05. The fraction of sp³-hybridized carbons (Fsp3) is 0.158. The highest BCUT2D eigenvalue weighted by Crippen LogP contribution is 2.35. The van der Waals surface area contributed by atoms with E-state index in [9.17, 15) is 9.18 Å². The van der Waals surface area contributed by atoms with Crippen LogP contribution in [-0.2, 0) is 20.2 Å². The van der Waals surface area contributed by atoms with Gasteiger partial charge in [0.1, 0.15) is 18.1 Å². The van der Waals surface area contributed by atoms with E-state index in [0.29, 0.717) is 23.2 Å². The molecular formula is C19H16FN3O2. The molecule has 3 aromatic rings. The summed E-state index contributed by atoms with van der Waals surface area (Å²) in [5.41, 5.74) is 2.63. The van der Waals surface area contributed by atoms with E-state index in [2.05, 4.69) is 10.4 Å². The van der Waals surface area contributed by atoms with Crippen LogP contribution in [0.25, 0.3) is 11.1 Å². The maximum Gasteiger partial charge on any atom is 0.251 e. The van der Waals surface area contributed by atoms with Crippen LogP contribution >= 0.6 is 0 Å². The van der Waals surface area contributed by atoms with Crippen molar-refractivity contribution < 1.29 is 16.7 Å². The molecule has 0 saturated heterocycles. The zero-order valence-corrected chi connectivity index (χ0v) is 13.4. The summed E-state index contributed by atoms with van der Waals surface area (Å²) < 4.78 is 37.1. The molecule has 0 aliphatic carbocycles. The molecule has 5 nitrogen and oxygen atoms in total. The van der Waals surface area contributed by atoms with Crippen LogP contribution in [0.1, 0.15) is 24.2 Å². The number of halogens is 1. The van der Waals surface area contributed by atoms with Crippen LogP contribution in [0.3, 0.4) is 0 Å². The first-order chi connectivity index (χ1) is 12.8. The summed E-state index contributed by atoms with van der Waals surface area (Å²) in [7, 11) is 1.69. The molecule has 0 bridgehead atoms. The fourth-order valence-corrected chi connectivity index (χ4v) is 2.78. The molecule has 0 saturated carbocycles. The topological polar surface area (TPSA) is 56.1 Å². The van der Waals surface area contributed by atoms with Crippen molar-refractivity contribution >= 4 is 5.91 Å². The Bertz CT molecular complexity index is 1030. The number of benzene rings is 2. The van der Waals surface area contributed by atoms with E-state index >= 15 is 0 Å². The minimum absolute atomic E-state index is 0.199. The lowest BCUT2D eigenvalue weighted by Gasteiger charge is -2.13. The Hall–Kier alpha value is -3.15. The van der Waals surface area contributed by atoms with Crippen LogP contribution in [0.2, 0.25) is 0 Å². The van der Waals surface area contributed by atoms with E-state index in [-0.39, 0.29) is 23.0 Å². The number of hydrogen-bond donors (Lipinski definition) is 1. The van der Waals surface area contributed by atoms with Crippen LogP contribution in [0.15, 0.2) is 48.8 Å². The van der Waals surface area contributed by atoms with E-state index in [0.717, 1.165) is 5.56 Å². The van der Waals surface area contributed by atoms with Gasteiger partial charge in [-0.25, -0.2) is 4.39 Å². The molecule has 1 amide bonds. The lowest BCUT2D eigenvalue weighted by molar-refractivity contribution is 0.0966. The maximum atomic E-state index is 13.3. The number of carbonyl (C=O) groups is 1. The highest BCUT2D eigenvalue weighted by molar-refractivity contribution is 6.00. The minimum atomic E-state index is -2.13. The van der Waals surface area contributed by atoms with E-state index in [1.54, 1.807) is 31.3 Å². The Morgan fingerprint density at radius 2 is 2.12 bits per heavy atom. The second-order valence-corrected chi connectivity index (χ2v) is 5.80. The number of fused-ring (bicyclic) bond motifs is 1. The number of ether oxygens (including phenoxy) is 1. The molecule has 2 aromatic carbocycles. The predicted molar refractivity (Wildman–Crippen MR) is 90.5 cm³/mol. The fourth-order valence-electron chi connectivity index (χ4n) is 2.78. The number of carbonyl (C=O) groups excluding carboxylic acids is 1. The number of nitrogens with zero attached hydrogens (tertiary/aromatic N) is 2. The predicted octanol–water partition coefficient (Wildman–Crippen LogP) is 3.05. The maximum absolute atomic E-state index is 13.3. The molecule has 1 aliphatic heterocycles. The molecule has 4 rings (SSSR count). The van der Waals surface area contributed by atoms with Gasteiger partial charge in [0.2, 0.25) is 0 Å². The molecule has 0 radical (unpaired) electrons. The Balaban J connectivity index is 1.81. The van der Waals surface area contributed by atoms with E-state index in [1.165, 1.54) is 29.2 Å². The third-order valence-corrected chi connectivity index (χ3v) is 4.03. The van der Waals surface area contributed by atoms with Gasteiger partial charge >= 0.3 is 0 Å². The van der Waals surface area contributed by atoms with Gasteiger partial charge in [-0.15, -0.1) is 0 Å². The summed E-state index contributed by atoms with van der Waals surface area (Å²) in [5.74, 6) is -0.313. The summed E-state index contributed by atoms with van der Waals surface area (Å²) >= 11 is 0. The second kappa shape index (κ2) is 6.05. The van der Waals surface area contributed by atoms with Gasteiger partial charge in [-0.05, 0) is 35.4 Å². The van der Waals surface area contributed by atoms with Crippen molar-refractivity contribution in [2.45, 2.75) is 13.1 Å². The molecule has 25 heavy (non-hydrogen) atoms. The number of aryl methyl sites for hydroxylation is 1. The zero-order chi connectivity index (χ0) is 19.2. The molecule has 6 heteroatoms. The zero-order valence-electron chi connectivity index (χ0n) is 15.4. The molecule has 0 fully saturated rings. The van der Waals surface area contributed by atoms with Crippen LogP contribution in [0.4, 0.5) is 4.39 Å². The van der Waals surface area contributed by atoms with Crippen molar-refractivity contribution in [3.05, 3.63) is 71.3 Å². The third-order valence-electron chi connectivity index (χ3n) is 4.03. The molecule has 0 atom stereocenters. The van der Waals surface area contributed by atoms with Gasteiger partial charge < -0.3 is 10.1 Å². The first kappa shape index (κ1) is 13.2. The van der Waals surface area contributed by atoms with Gasteiger partial charge in [0.05, 0.1) is 8.94 Å². The number of hydrogen-bond acceptors (Lipinski definition) is 3. The van der Waals surface area contributed by atoms with Crippen LogP contribution in [0.5, 0.6) is 5.75 Å². The Kier molecular flexibility index (Phi) is 3.19. The van der Waals surface area contributed by atoms with Crippen LogP contribution in [-0.4, -0.2) is 15.7 Å². The summed E-state index contributed by atoms with van der Waals surface area (Å²) in [6.45, 7) is -1.78. The largest absolute Gasteiger partial charge is 0.488 e. The average molecular weight is 339 g/mol. The smallest absolute Gasteiger partial charge is 0.251 e. The molecule has 126 valence electrons. The Morgan fingerprint density at radius 1 is 1.32 bits per heavy atom. The molecule has 1 aromatic heterocycles. The van der Waals surface area contributed by atoms with Gasteiger partial charge in [-0.3, -0.25) is 9.48 Å². The molecular weight excluding hydrogens is 321 g/mol. The minimum Gasteiger partial charge on any atom is -0.488 e. The van der Waals surface area contributed by atoms with Gasteiger partial charge in [0, 0.05) is 36.5 Å². The summed E-state index contributed by atoms with van der Waals surface area (Å²) in [4.78, 5) is 12.0. The average Bonchev–Trinajstić information content (AvgIpc) is 3.22. The number of amides is 1. The second-order valence-electron chi connectivity index (χ2n) is 5.80. The van der Waals surface area contributed by atoms with Gasteiger partial charge in [0.25, 0.3) is 5.91 Å². The van der Waals surface area contributed by atoms with Crippen molar-refractivity contribution in [2.24, 2.45) is 7.05 Å². The highest BCUT2D eigenvalue weighted by atomic mass is 19.1. The first-order valence-electron chi connectivity index (χ1n) is 8.73. The number of nitrogens with one attached hydrogen (secondary N) is 1. The molecule has 0 unspecified atom stereocenters. The molecule has 0 spiro atoms. The molecule has 2 heterocycles. The van der Waals surface area contributed by atoms with E-state index in [4.69, 9.17) is 7.48 Å². The van der Waals surface area contributed by atoms with Crippen molar-refractivity contribution in [2.75, 3.05) is 0 Å². The van der Waals surface area contributed by atoms with Crippen molar-refractivity contribution in [1.82, 2.24) is 15.1 Å². The summed E-state index contributed by atoms with van der Waals surface area (Å²) in [5, 5.41) is 6.72.